The lowest BCUT2D eigenvalue weighted by molar-refractivity contribution is 0.0952. The van der Waals surface area contributed by atoms with E-state index in [1.807, 2.05) is 6.20 Å². The summed E-state index contributed by atoms with van der Waals surface area (Å²) in [6.07, 6.45) is 6.93. The second-order valence-corrected chi connectivity index (χ2v) is 5.13. The van der Waals surface area contributed by atoms with E-state index in [0.717, 1.165) is 25.0 Å². The predicted octanol–water partition coefficient (Wildman–Crippen LogP) is 2.36. The van der Waals surface area contributed by atoms with Crippen LogP contribution in [-0.4, -0.2) is 27.0 Å². The molecule has 2 aromatic heterocycles. The third-order valence-electron chi connectivity index (χ3n) is 3.09. The fourth-order valence-electron chi connectivity index (χ4n) is 2.10. The summed E-state index contributed by atoms with van der Waals surface area (Å²) in [6, 6.07) is 1.18. The van der Waals surface area contributed by atoms with Crippen LogP contribution in [0.4, 0.5) is 4.39 Å². The average molecular weight is 290 g/mol. The molecule has 0 aliphatic rings. The van der Waals surface area contributed by atoms with Crippen molar-refractivity contribution in [1.82, 2.24) is 19.9 Å². The smallest absolute Gasteiger partial charge is 0.252 e. The average Bonchev–Trinajstić information content (AvgIpc) is 2.92. The van der Waals surface area contributed by atoms with Gasteiger partial charge in [0.15, 0.2) is 0 Å². The first-order valence-corrected chi connectivity index (χ1v) is 6.97. The van der Waals surface area contributed by atoms with Crippen molar-refractivity contribution in [2.75, 3.05) is 6.54 Å². The minimum atomic E-state index is -0.511. The lowest BCUT2D eigenvalue weighted by Crippen LogP contribution is -2.25. The molecule has 0 bridgehead atoms. The van der Waals surface area contributed by atoms with E-state index in [1.165, 1.54) is 12.3 Å². The maximum absolute atomic E-state index is 13.0. The predicted molar refractivity (Wildman–Crippen MR) is 77.5 cm³/mol. The van der Waals surface area contributed by atoms with E-state index >= 15 is 0 Å². The first-order valence-electron chi connectivity index (χ1n) is 6.97. The Labute approximate surface area is 123 Å². The number of hydrogen-bond acceptors (Lipinski definition) is 3. The molecule has 21 heavy (non-hydrogen) atoms. The van der Waals surface area contributed by atoms with E-state index in [9.17, 15) is 9.18 Å². The third-order valence-corrected chi connectivity index (χ3v) is 3.09. The van der Waals surface area contributed by atoms with Gasteiger partial charge >= 0.3 is 0 Å². The largest absolute Gasteiger partial charge is 0.352 e. The molecule has 0 aliphatic carbocycles. The van der Waals surface area contributed by atoms with Gasteiger partial charge in [-0.05, 0) is 12.5 Å². The second-order valence-electron chi connectivity index (χ2n) is 5.13. The molecule has 0 atom stereocenters. The number of pyridine rings is 1. The molecule has 0 radical (unpaired) electrons. The summed E-state index contributed by atoms with van der Waals surface area (Å²) in [5.74, 6) is 0.586. The maximum atomic E-state index is 13.0. The van der Waals surface area contributed by atoms with E-state index in [4.69, 9.17) is 0 Å². The van der Waals surface area contributed by atoms with Gasteiger partial charge in [-0.15, -0.1) is 0 Å². The number of carbonyl (C=O) groups is 1. The molecule has 0 aliphatic heterocycles. The highest BCUT2D eigenvalue weighted by molar-refractivity contribution is 5.93. The number of halogens is 1. The highest BCUT2D eigenvalue weighted by Gasteiger charge is 2.08. The number of aromatic nitrogens is 3. The SMILES string of the molecule is CC(C)c1nccn1CCCNC(=O)c1cncc(F)c1. The van der Waals surface area contributed by atoms with Gasteiger partial charge < -0.3 is 9.88 Å². The Balaban J connectivity index is 1.79. The summed E-state index contributed by atoms with van der Waals surface area (Å²) in [7, 11) is 0. The van der Waals surface area contributed by atoms with Gasteiger partial charge in [-0.25, -0.2) is 9.37 Å². The molecule has 0 fully saturated rings. The van der Waals surface area contributed by atoms with Crippen molar-refractivity contribution in [3.8, 4) is 0 Å². The Kier molecular flexibility index (Phi) is 5.03. The molecule has 6 heteroatoms. The van der Waals surface area contributed by atoms with Crippen LogP contribution in [0.5, 0.6) is 0 Å². The summed E-state index contributed by atoms with van der Waals surface area (Å²) in [4.78, 5) is 19.8. The van der Waals surface area contributed by atoms with Gasteiger partial charge in [-0.3, -0.25) is 9.78 Å². The molecule has 0 saturated carbocycles. The van der Waals surface area contributed by atoms with E-state index in [0.29, 0.717) is 12.5 Å². The van der Waals surface area contributed by atoms with Gasteiger partial charge in [0.2, 0.25) is 0 Å². The van der Waals surface area contributed by atoms with Crippen LogP contribution in [0.2, 0.25) is 0 Å². The maximum Gasteiger partial charge on any atom is 0.252 e. The molecular weight excluding hydrogens is 271 g/mol. The van der Waals surface area contributed by atoms with Crippen LogP contribution in [0.15, 0.2) is 30.9 Å². The molecule has 0 aromatic carbocycles. The molecule has 1 amide bonds. The molecule has 2 rings (SSSR count). The highest BCUT2D eigenvalue weighted by atomic mass is 19.1. The number of rotatable bonds is 6. The van der Waals surface area contributed by atoms with Gasteiger partial charge in [0.05, 0.1) is 11.8 Å². The van der Waals surface area contributed by atoms with Crippen molar-refractivity contribution < 1.29 is 9.18 Å². The number of carbonyl (C=O) groups excluding carboxylic acids is 1. The number of hydrogen-bond donors (Lipinski definition) is 1. The Morgan fingerprint density at radius 1 is 1.43 bits per heavy atom. The molecule has 0 unspecified atom stereocenters. The molecule has 112 valence electrons. The van der Waals surface area contributed by atoms with Gasteiger partial charge in [0.25, 0.3) is 5.91 Å². The summed E-state index contributed by atoms with van der Waals surface area (Å²) in [5, 5.41) is 2.76. The first-order chi connectivity index (χ1) is 10.1. The van der Waals surface area contributed by atoms with Crippen molar-refractivity contribution >= 4 is 5.91 Å². The van der Waals surface area contributed by atoms with Crippen LogP contribution in [0, 0.1) is 5.82 Å². The molecule has 2 heterocycles. The van der Waals surface area contributed by atoms with Crippen molar-refractivity contribution in [2.24, 2.45) is 0 Å². The number of nitrogens with zero attached hydrogens (tertiary/aromatic N) is 3. The van der Waals surface area contributed by atoms with Gasteiger partial charge in [-0.2, -0.15) is 0 Å². The topological polar surface area (TPSA) is 59.8 Å². The lowest BCUT2D eigenvalue weighted by Gasteiger charge is -2.10. The van der Waals surface area contributed by atoms with Gasteiger partial charge in [0.1, 0.15) is 11.6 Å². The molecule has 0 saturated heterocycles. The number of imidazole rings is 1. The van der Waals surface area contributed by atoms with Gasteiger partial charge in [0, 0.05) is 37.6 Å². The van der Waals surface area contributed by atoms with Crippen LogP contribution in [0.3, 0.4) is 0 Å². The number of nitrogens with one attached hydrogen (secondary N) is 1. The van der Waals surface area contributed by atoms with Crippen LogP contribution < -0.4 is 5.32 Å². The summed E-state index contributed by atoms with van der Waals surface area (Å²) < 4.78 is 15.1. The Hall–Kier alpha value is -2.24. The first kappa shape index (κ1) is 15.2. The fraction of sp³-hybridized carbons (Fsp3) is 0.400. The third kappa shape index (κ3) is 4.11. The van der Waals surface area contributed by atoms with E-state index in [1.54, 1.807) is 6.20 Å². The Bertz CT molecular complexity index is 609. The quantitative estimate of drug-likeness (QED) is 0.831. The van der Waals surface area contributed by atoms with Crippen molar-refractivity contribution in [1.29, 1.82) is 0 Å². The molecule has 1 N–H and O–H groups in total. The van der Waals surface area contributed by atoms with Crippen molar-refractivity contribution in [3.05, 3.63) is 48.1 Å². The van der Waals surface area contributed by atoms with Crippen LogP contribution >= 0.6 is 0 Å². The zero-order valence-electron chi connectivity index (χ0n) is 12.2. The normalized spacial score (nSPS) is 10.9. The van der Waals surface area contributed by atoms with Crippen LogP contribution in [0.25, 0.3) is 0 Å². The Morgan fingerprint density at radius 2 is 2.24 bits per heavy atom. The molecular formula is C15H19FN4O. The number of amides is 1. The zero-order valence-corrected chi connectivity index (χ0v) is 12.2. The van der Waals surface area contributed by atoms with E-state index < -0.39 is 5.82 Å². The highest BCUT2D eigenvalue weighted by Crippen LogP contribution is 2.11. The molecule has 0 spiro atoms. The standard InChI is InChI=1S/C15H19FN4O/c1-11(2)14-18-5-7-20(14)6-3-4-19-15(21)12-8-13(16)10-17-9-12/h5,7-11H,3-4,6H2,1-2H3,(H,19,21). The Morgan fingerprint density at radius 3 is 2.95 bits per heavy atom. The minimum Gasteiger partial charge on any atom is -0.352 e. The van der Waals surface area contributed by atoms with Crippen LogP contribution in [-0.2, 0) is 6.54 Å². The van der Waals surface area contributed by atoms with E-state index in [-0.39, 0.29) is 11.5 Å². The van der Waals surface area contributed by atoms with E-state index in [2.05, 4.69) is 33.7 Å². The summed E-state index contributed by atoms with van der Waals surface area (Å²) >= 11 is 0. The number of aryl methyl sites for hydroxylation is 1. The summed E-state index contributed by atoms with van der Waals surface area (Å²) in [6.45, 7) is 5.50. The summed E-state index contributed by atoms with van der Waals surface area (Å²) in [5.41, 5.74) is 0.237. The monoisotopic (exact) mass is 290 g/mol. The fourth-order valence-corrected chi connectivity index (χ4v) is 2.10. The van der Waals surface area contributed by atoms with Gasteiger partial charge in [-0.1, -0.05) is 13.8 Å². The lowest BCUT2D eigenvalue weighted by atomic mass is 10.2. The zero-order chi connectivity index (χ0) is 15.2. The molecule has 2 aromatic rings. The van der Waals surface area contributed by atoms with Crippen molar-refractivity contribution in [3.63, 3.8) is 0 Å². The minimum absolute atomic E-state index is 0.237. The molecule has 5 nitrogen and oxygen atoms in total. The van der Waals surface area contributed by atoms with Crippen molar-refractivity contribution in [2.45, 2.75) is 32.7 Å². The second kappa shape index (κ2) is 6.97. The van der Waals surface area contributed by atoms with Crippen LogP contribution in [0.1, 0.15) is 42.4 Å².